The van der Waals surface area contributed by atoms with Crippen LogP contribution in [0, 0.1) is 0 Å². The largest absolute Gasteiger partial charge is 0.497 e. The van der Waals surface area contributed by atoms with E-state index < -0.39 is 10.0 Å². The van der Waals surface area contributed by atoms with E-state index in [4.69, 9.17) is 9.15 Å². The molecule has 0 bridgehead atoms. The second-order valence-electron chi connectivity index (χ2n) is 7.42. The van der Waals surface area contributed by atoms with E-state index in [0.717, 1.165) is 31.9 Å². The van der Waals surface area contributed by atoms with Gasteiger partial charge >= 0.3 is 0 Å². The van der Waals surface area contributed by atoms with E-state index >= 15 is 0 Å². The van der Waals surface area contributed by atoms with Gasteiger partial charge in [0.05, 0.1) is 24.3 Å². The zero-order chi connectivity index (χ0) is 21.7. The lowest BCUT2D eigenvalue weighted by Crippen LogP contribution is -2.49. The summed E-state index contributed by atoms with van der Waals surface area (Å²) in [5.74, 6) is 1.37. The highest BCUT2D eigenvalue weighted by Crippen LogP contribution is 2.25. The highest BCUT2D eigenvalue weighted by Gasteiger charge is 2.28. The number of hydrogen-bond donors (Lipinski definition) is 1. The van der Waals surface area contributed by atoms with Gasteiger partial charge in [-0.15, -0.1) is 0 Å². The molecule has 0 radical (unpaired) electrons. The first-order valence-electron chi connectivity index (χ1n) is 10.3. The molecule has 7 nitrogen and oxygen atoms in total. The van der Waals surface area contributed by atoms with Crippen LogP contribution in [0.4, 0.5) is 5.69 Å². The first kappa shape index (κ1) is 21.4. The Morgan fingerprint density at radius 2 is 1.68 bits per heavy atom. The number of rotatable bonds is 8. The number of anilines is 1. The lowest BCUT2D eigenvalue weighted by Gasteiger charge is -2.39. The lowest BCUT2D eigenvalue weighted by atomic mass is 10.1. The Hall–Kier alpha value is -2.81. The standard InChI is InChI=1S/C23H27N3O4S/c1-29-20-9-11-21(12-10-20)31(27,28)24-18-22(23-8-5-17-30-23)26-15-13-25(14-16-26)19-6-3-2-4-7-19/h2-12,17,22,24H,13-16,18H2,1H3/t22-/m0/s1. The monoisotopic (exact) mass is 441 g/mol. The molecule has 164 valence electrons. The van der Waals surface area contributed by atoms with Gasteiger partial charge in [0.2, 0.25) is 10.0 Å². The van der Waals surface area contributed by atoms with Gasteiger partial charge in [-0.05, 0) is 48.5 Å². The van der Waals surface area contributed by atoms with Crippen LogP contribution in [0.25, 0.3) is 0 Å². The van der Waals surface area contributed by atoms with Crippen molar-refractivity contribution in [2.45, 2.75) is 10.9 Å². The summed E-state index contributed by atoms with van der Waals surface area (Å²) in [6.45, 7) is 3.58. The van der Waals surface area contributed by atoms with E-state index in [-0.39, 0.29) is 17.5 Å². The summed E-state index contributed by atoms with van der Waals surface area (Å²) in [5, 5.41) is 0. The average Bonchev–Trinajstić information content (AvgIpc) is 3.35. The van der Waals surface area contributed by atoms with Crippen LogP contribution in [-0.4, -0.2) is 53.2 Å². The van der Waals surface area contributed by atoms with E-state index in [9.17, 15) is 8.42 Å². The molecule has 0 saturated carbocycles. The van der Waals surface area contributed by atoms with Crippen molar-refractivity contribution in [2.75, 3.05) is 44.7 Å². The van der Waals surface area contributed by atoms with Crippen LogP contribution >= 0.6 is 0 Å². The average molecular weight is 442 g/mol. The van der Waals surface area contributed by atoms with E-state index in [0.29, 0.717) is 5.75 Å². The molecule has 3 aromatic rings. The van der Waals surface area contributed by atoms with Crippen molar-refractivity contribution in [1.29, 1.82) is 0 Å². The van der Waals surface area contributed by atoms with Gasteiger partial charge < -0.3 is 14.1 Å². The Bertz CT molecular complexity index is 1050. The smallest absolute Gasteiger partial charge is 0.240 e. The topological polar surface area (TPSA) is 75.0 Å². The number of benzene rings is 2. The van der Waals surface area contributed by atoms with Crippen LogP contribution in [0.2, 0.25) is 0 Å². The van der Waals surface area contributed by atoms with Gasteiger partial charge in [-0.1, -0.05) is 18.2 Å². The van der Waals surface area contributed by atoms with Crippen molar-refractivity contribution in [3.8, 4) is 5.75 Å². The minimum atomic E-state index is -3.65. The van der Waals surface area contributed by atoms with Gasteiger partial charge in [0, 0.05) is 38.4 Å². The third-order valence-corrected chi connectivity index (χ3v) is 7.02. The molecule has 1 aliphatic heterocycles. The Labute approximate surface area is 183 Å². The number of methoxy groups -OCH3 is 1. The molecule has 8 heteroatoms. The second-order valence-corrected chi connectivity index (χ2v) is 9.18. The van der Waals surface area contributed by atoms with Crippen molar-refractivity contribution >= 4 is 15.7 Å². The van der Waals surface area contributed by atoms with Crippen molar-refractivity contribution in [2.24, 2.45) is 0 Å². The first-order chi connectivity index (χ1) is 15.1. The van der Waals surface area contributed by atoms with Crippen molar-refractivity contribution in [3.05, 3.63) is 78.8 Å². The highest BCUT2D eigenvalue weighted by atomic mass is 32.2. The molecule has 1 saturated heterocycles. The quantitative estimate of drug-likeness (QED) is 0.579. The molecule has 1 atom stereocenters. The number of ether oxygens (including phenoxy) is 1. The van der Waals surface area contributed by atoms with Crippen LogP contribution < -0.4 is 14.4 Å². The fourth-order valence-corrected chi connectivity index (χ4v) is 4.89. The predicted octanol–water partition coefficient (Wildman–Crippen LogP) is 3.13. The van der Waals surface area contributed by atoms with Crippen molar-refractivity contribution in [3.63, 3.8) is 0 Å². The molecule has 0 unspecified atom stereocenters. The van der Waals surface area contributed by atoms with Crippen LogP contribution in [-0.2, 0) is 10.0 Å². The van der Waals surface area contributed by atoms with Gasteiger partial charge in [0.1, 0.15) is 11.5 Å². The van der Waals surface area contributed by atoms with Crippen molar-refractivity contribution < 1.29 is 17.6 Å². The molecular weight excluding hydrogens is 414 g/mol. The normalized spacial score (nSPS) is 16.2. The Morgan fingerprint density at radius 3 is 2.29 bits per heavy atom. The second kappa shape index (κ2) is 9.55. The van der Waals surface area contributed by atoms with Gasteiger partial charge in [0.25, 0.3) is 0 Å². The number of hydrogen-bond acceptors (Lipinski definition) is 6. The number of piperazine rings is 1. The first-order valence-corrected chi connectivity index (χ1v) is 11.8. The number of para-hydroxylation sites is 1. The maximum Gasteiger partial charge on any atom is 0.240 e. The summed E-state index contributed by atoms with van der Waals surface area (Å²) in [7, 11) is -2.10. The molecule has 2 heterocycles. The van der Waals surface area contributed by atoms with E-state index in [1.807, 2.05) is 30.3 Å². The number of furan rings is 1. The summed E-state index contributed by atoms with van der Waals surface area (Å²) < 4.78 is 39.2. The zero-order valence-corrected chi connectivity index (χ0v) is 18.3. The highest BCUT2D eigenvalue weighted by molar-refractivity contribution is 7.89. The molecule has 1 fully saturated rings. The van der Waals surface area contributed by atoms with E-state index in [1.165, 1.54) is 5.69 Å². The van der Waals surface area contributed by atoms with Gasteiger partial charge in [-0.2, -0.15) is 0 Å². The summed E-state index contributed by atoms with van der Waals surface area (Å²) in [5.41, 5.74) is 1.21. The van der Waals surface area contributed by atoms with Gasteiger partial charge in [-0.25, -0.2) is 13.1 Å². The third-order valence-electron chi connectivity index (χ3n) is 5.58. The minimum absolute atomic E-state index is 0.180. The SMILES string of the molecule is COc1ccc(S(=O)(=O)NC[C@@H](c2ccco2)N2CCN(c3ccccc3)CC2)cc1. The van der Waals surface area contributed by atoms with E-state index in [2.05, 4.69) is 26.7 Å². The molecule has 0 spiro atoms. The third kappa shape index (κ3) is 5.10. The molecule has 1 aliphatic rings. The zero-order valence-electron chi connectivity index (χ0n) is 17.5. The molecule has 31 heavy (non-hydrogen) atoms. The molecule has 2 aromatic carbocycles. The summed E-state index contributed by atoms with van der Waals surface area (Å²) in [6.07, 6.45) is 1.63. The molecule has 0 amide bonds. The Morgan fingerprint density at radius 1 is 0.968 bits per heavy atom. The Balaban J connectivity index is 1.44. The molecule has 1 N–H and O–H groups in total. The fourth-order valence-electron chi connectivity index (χ4n) is 3.85. The molecule has 4 rings (SSSR count). The minimum Gasteiger partial charge on any atom is -0.497 e. The van der Waals surface area contributed by atoms with Crippen LogP contribution in [0.5, 0.6) is 5.75 Å². The van der Waals surface area contributed by atoms with Gasteiger partial charge in [0.15, 0.2) is 0 Å². The van der Waals surface area contributed by atoms with Crippen LogP contribution in [0.1, 0.15) is 11.8 Å². The fraction of sp³-hybridized carbons (Fsp3) is 0.304. The summed E-state index contributed by atoms with van der Waals surface area (Å²) in [4.78, 5) is 4.83. The molecule has 1 aromatic heterocycles. The van der Waals surface area contributed by atoms with E-state index in [1.54, 1.807) is 37.6 Å². The van der Waals surface area contributed by atoms with Crippen LogP contribution in [0.15, 0.2) is 82.3 Å². The molecular formula is C23H27N3O4S. The maximum atomic E-state index is 12.8. The summed E-state index contributed by atoms with van der Waals surface area (Å²) in [6, 6.07) is 20.2. The van der Waals surface area contributed by atoms with Crippen LogP contribution in [0.3, 0.4) is 0 Å². The predicted molar refractivity (Wildman–Crippen MR) is 120 cm³/mol. The number of nitrogens with one attached hydrogen (secondary N) is 1. The van der Waals surface area contributed by atoms with Crippen molar-refractivity contribution in [1.82, 2.24) is 9.62 Å². The summed E-state index contributed by atoms with van der Waals surface area (Å²) >= 11 is 0. The molecule has 0 aliphatic carbocycles. The number of sulfonamides is 1. The maximum absolute atomic E-state index is 12.8. The Kier molecular flexibility index (Phi) is 6.60. The van der Waals surface area contributed by atoms with Gasteiger partial charge in [-0.3, -0.25) is 4.90 Å². The number of nitrogens with zero attached hydrogens (tertiary/aromatic N) is 2. The lowest BCUT2D eigenvalue weighted by molar-refractivity contribution is 0.166.